The number of hydrogen-bond acceptors (Lipinski definition) is 3. The second kappa shape index (κ2) is 5.59. The molecule has 1 aliphatic carbocycles. The van der Waals surface area contributed by atoms with Gasteiger partial charge in [0.05, 0.1) is 5.52 Å². The molecule has 0 spiro atoms. The number of fused-ring (bicyclic) bond motifs is 1. The SMILES string of the molecule is CNc1ccc2[nH]c(C3CCCCCCC3)nc2n1. The second-order valence-corrected chi connectivity index (χ2v) is 5.48. The van der Waals surface area contributed by atoms with Crippen LogP contribution < -0.4 is 5.32 Å². The molecule has 0 radical (unpaired) electrons. The minimum atomic E-state index is 0.590. The van der Waals surface area contributed by atoms with Gasteiger partial charge >= 0.3 is 0 Å². The number of hydrogen-bond donors (Lipinski definition) is 2. The zero-order valence-electron chi connectivity index (χ0n) is 11.6. The third-order valence-electron chi connectivity index (χ3n) is 4.11. The van der Waals surface area contributed by atoms with Crippen molar-refractivity contribution in [1.82, 2.24) is 15.0 Å². The van der Waals surface area contributed by atoms with Crippen LogP contribution in [0.25, 0.3) is 11.2 Å². The summed E-state index contributed by atoms with van der Waals surface area (Å²) in [6.07, 6.45) is 9.34. The van der Waals surface area contributed by atoms with Gasteiger partial charge in [-0.05, 0) is 25.0 Å². The van der Waals surface area contributed by atoms with Gasteiger partial charge in [0.1, 0.15) is 11.6 Å². The van der Waals surface area contributed by atoms with Crippen molar-refractivity contribution in [2.24, 2.45) is 0 Å². The molecule has 0 amide bonds. The summed E-state index contributed by atoms with van der Waals surface area (Å²) in [7, 11) is 1.89. The Labute approximate surface area is 114 Å². The smallest absolute Gasteiger partial charge is 0.179 e. The molecule has 0 aliphatic heterocycles. The summed E-state index contributed by atoms with van der Waals surface area (Å²) in [4.78, 5) is 12.7. The predicted octanol–water partition coefficient (Wildman–Crippen LogP) is 3.83. The van der Waals surface area contributed by atoms with Crippen LogP contribution in [-0.4, -0.2) is 22.0 Å². The van der Waals surface area contributed by atoms with Crippen LogP contribution in [0.1, 0.15) is 56.7 Å². The molecule has 2 N–H and O–H groups in total. The van der Waals surface area contributed by atoms with Crippen molar-refractivity contribution < 1.29 is 0 Å². The molecule has 2 heterocycles. The maximum absolute atomic E-state index is 4.71. The Morgan fingerprint density at radius 2 is 1.79 bits per heavy atom. The first kappa shape index (κ1) is 12.5. The average Bonchev–Trinajstić information content (AvgIpc) is 2.80. The van der Waals surface area contributed by atoms with Gasteiger partial charge < -0.3 is 10.3 Å². The lowest BCUT2D eigenvalue weighted by Crippen LogP contribution is -2.04. The Morgan fingerprint density at radius 3 is 2.53 bits per heavy atom. The van der Waals surface area contributed by atoms with Gasteiger partial charge in [-0.25, -0.2) is 9.97 Å². The Kier molecular flexibility index (Phi) is 3.67. The quantitative estimate of drug-likeness (QED) is 0.860. The van der Waals surface area contributed by atoms with Crippen LogP contribution in [0.5, 0.6) is 0 Å². The van der Waals surface area contributed by atoms with Crippen LogP contribution in [0.15, 0.2) is 12.1 Å². The number of aromatic amines is 1. The molecular formula is C15H22N4. The highest BCUT2D eigenvalue weighted by Crippen LogP contribution is 2.30. The number of rotatable bonds is 2. The van der Waals surface area contributed by atoms with Gasteiger partial charge in [-0.2, -0.15) is 0 Å². The zero-order valence-corrected chi connectivity index (χ0v) is 11.6. The highest BCUT2D eigenvalue weighted by Gasteiger charge is 2.17. The maximum atomic E-state index is 4.71. The van der Waals surface area contributed by atoms with Gasteiger partial charge in [0.15, 0.2) is 5.65 Å². The molecule has 2 aromatic heterocycles. The van der Waals surface area contributed by atoms with Crippen LogP contribution >= 0.6 is 0 Å². The Bertz CT molecular complexity index is 538. The van der Waals surface area contributed by atoms with Crippen LogP contribution in [0.4, 0.5) is 5.82 Å². The van der Waals surface area contributed by atoms with E-state index in [4.69, 9.17) is 4.98 Å². The van der Waals surface area contributed by atoms with Gasteiger partial charge in [0.25, 0.3) is 0 Å². The Balaban J connectivity index is 1.86. The molecule has 4 heteroatoms. The fourth-order valence-corrected chi connectivity index (χ4v) is 2.97. The third-order valence-corrected chi connectivity index (χ3v) is 4.11. The van der Waals surface area contributed by atoms with Crippen molar-refractivity contribution in [2.75, 3.05) is 12.4 Å². The standard InChI is InChI=1S/C15H22N4/c1-16-13-10-9-12-15(18-13)19-14(17-12)11-7-5-3-2-4-6-8-11/h9-11H,2-8H2,1H3,(H2,16,17,18,19). The van der Waals surface area contributed by atoms with Gasteiger partial charge in [0.2, 0.25) is 0 Å². The van der Waals surface area contributed by atoms with Crippen molar-refractivity contribution in [3.8, 4) is 0 Å². The van der Waals surface area contributed by atoms with Crippen molar-refractivity contribution in [3.05, 3.63) is 18.0 Å². The Hall–Kier alpha value is -1.58. The fraction of sp³-hybridized carbons (Fsp3) is 0.600. The molecular weight excluding hydrogens is 236 g/mol. The van der Waals surface area contributed by atoms with E-state index in [-0.39, 0.29) is 0 Å². The van der Waals surface area contributed by atoms with Crippen molar-refractivity contribution in [3.63, 3.8) is 0 Å². The molecule has 19 heavy (non-hydrogen) atoms. The van der Waals surface area contributed by atoms with Crippen LogP contribution in [-0.2, 0) is 0 Å². The minimum Gasteiger partial charge on any atom is -0.373 e. The van der Waals surface area contributed by atoms with Crippen LogP contribution in [0, 0.1) is 0 Å². The monoisotopic (exact) mass is 258 g/mol. The zero-order chi connectivity index (χ0) is 13.1. The molecule has 4 nitrogen and oxygen atoms in total. The van der Waals surface area contributed by atoms with E-state index in [1.54, 1.807) is 0 Å². The first-order chi connectivity index (χ1) is 9.36. The normalized spacial score (nSPS) is 18.2. The first-order valence-corrected chi connectivity index (χ1v) is 7.41. The highest BCUT2D eigenvalue weighted by molar-refractivity contribution is 5.73. The van der Waals surface area contributed by atoms with E-state index in [0.29, 0.717) is 5.92 Å². The highest BCUT2D eigenvalue weighted by atomic mass is 15.0. The number of pyridine rings is 1. The topological polar surface area (TPSA) is 53.6 Å². The number of aromatic nitrogens is 3. The molecule has 0 bridgehead atoms. The lowest BCUT2D eigenvalue weighted by atomic mass is 9.91. The van der Waals surface area contributed by atoms with E-state index >= 15 is 0 Å². The summed E-state index contributed by atoms with van der Waals surface area (Å²) in [5.41, 5.74) is 1.89. The molecule has 102 valence electrons. The molecule has 0 unspecified atom stereocenters. The molecule has 1 aliphatic rings. The van der Waals surface area contributed by atoms with Crippen molar-refractivity contribution in [1.29, 1.82) is 0 Å². The first-order valence-electron chi connectivity index (χ1n) is 7.41. The van der Waals surface area contributed by atoms with E-state index in [2.05, 4.69) is 21.4 Å². The number of H-pyrrole nitrogens is 1. The molecule has 1 fully saturated rings. The summed E-state index contributed by atoms with van der Waals surface area (Å²) < 4.78 is 0. The molecule has 0 atom stereocenters. The van der Waals surface area contributed by atoms with Gasteiger partial charge in [-0.1, -0.05) is 32.1 Å². The third kappa shape index (κ3) is 2.72. The number of nitrogens with zero attached hydrogens (tertiary/aromatic N) is 2. The van der Waals surface area contributed by atoms with E-state index in [0.717, 1.165) is 22.8 Å². The molecule has 3 rings (SSSR count). The van der Waals surface area contributed by atoms with E-state index in [9.17, 15) is 0 Å². The molecule has 1 saturated carbocycles. The lowest BCUT2D eigenvalue weighted by molar-refractivity contribution is 0.445. The maximum Gasteiger partial charge on any atom is 0.179 e. The number of imidazole rings is 1. The lowest BCUT2D eigenvalue weighted by Gasteiger charge is -2.17. The molecule has 0 aromatic carbocycles. The van der Waals surface area contributed by atoms with E-state index in [1.165, 1.54) is 44.9 Å². The fourth-order valence-electron chi connectivity index (χ4n) is 2.97. The van der Waals surface area contributed by atoms with Crippen molar-refractivity contribution in [2.45, 2.75) is 50.9 Å². The minimum absolute atomic E-state index is 0.590. The van der Waals surface area contributed by atoms with Crippen molar-refractivity contribution >= 4 is 17.0 Å². The van der Waals surface area contributed by atoms with Crippen LogP contribution in [0.3, 0.4) is 0 Å². The number of anilines is 1. The summed E-state index contributed by atoms with van der Waals surface area (Å²) >= 11 is 0. The van der Waals surface area contributed by atoms with Gasteiger partial charge in [0, 0.05) is 13.0 Å². The summed E-state index contributed by atoms with van der Waals surface area (Å²) in [6.45, 7) is 0. The van der Waals surface area contributed by atoms with E-state index < -0.39 is 0 Å². The average molecular weight is 258 g/mol. The molecule has 2 aromatic rings. The molecule has 0 saturated heterocycles. The summed E-state index contributed by atoms with van der Waals surface area (Å²) in [5, 5.41) is 3.06. The predicted molar refractivity (Wildman–Crippen MR) is 78.5 cm³/mol. The summed E-state index contributed by atoms with van der Waals surface area (Å²) in [5.74, 6) is 2.61. The van der Waals surface area contributed by atoms with Gasteiger partial charge in [-0.3, -0.25) is 0 Å². The largest absolute Gasteiger partial charge is 0.373 e. The second-order valence-electron chi connectivity index (χ2n) is 5.48. The summed E-state index contributed by atoms with van der Waals surface area (Å²) in [6, 6.07) is 4.05. The van der Waals surface area contributed by atoms with Crippen LogP contribution in [0.2, 0.25) is 0 Å². The van der Waals surface area contributed by atoms with E-state index in [1.807, 2.05) is 13.1 Å². The number of nitrogens with one attached hydrogen (secondary N) is 2. The Morgan fingerprint density at radius 1 is 1.05 bits per heavy atom. The van der Waals surface area contributed by atoms with Gasteiger partial charge in [-0.15, -0.1) is 0 Å².